The minimum atomic E-state index is -0.206. The summed E-state index contributed by atoms with van der Waals surface area (Å²) in [6.07, 6.45) is 0. The van der Waals surface area contributed by atoms with Crippen molar-refractivity contribution < 1.29 is 9.53 Å². The maximum atomic E-state index is 11.7. The molecule has 0 fully saturated rings. The van der Waals surface area contributed by atoms with Gasteiger partial charge in [0.05, 0.1) is 7.11 Å². The van der Waals surface area contributed by atoms with Gasteiger partial charge in [0.2, 0.25) is 0 Å². The monoisotopic (exact) mass is 511 g/mol. The van der Waals surface area contributed by atoms with Crippen LogP contribution in [-0.4, -0.2) is 32.2 Å². The summed E-state index contributed by atoms with van der Waals surface area (Å²) >= 11 is 0. The number of rotatable bonds is 7. The normalized spacial score (nSPS) is 10.7. The summed E-state index contributed by atoms with van der Waals surface area (Å²) in [6.45, 7) is 5.11. The standard InChI is InChI=1S/C21H29N5O2.HI/c1-15(2)25-21(27)26-18-10-8-16(9-11-18)13-23-20(22-3)24-14-17-6-5-7-19(12-17)28-4;/h5-12,15H,13-14H2,1-4H3,(H2,22,23,24)(H2,25,26,27);1H. The van der Waals surface area contributed by atoms with E-state index in [1.807, 2.05) is 62.4 Å². The third kappa shape index (κ3) is 9.03. The quantitative estimate of drug-likeness (QED) is 0.260. The Kier molecular flexibility index (Phi) is 10.9. The molecule has 2 aromatic rings. The van der Waals surface area contributed by atoms with E-state index in [0.717, 1.165) is 22.6 Å². The molecule has 0 spiro atoms. The van der Waals surface area contributed by atoms with Crippen molar-refractivity contribution in [1.82, 2.24) is 16.0 Å². The number of nitrogens with one attached hydrogen (secondary N) is 4. The predicted molar refractivity (Wildman–Crippen MR) is 129 cm³/mol. The summed E-state index contributed by atoms with van der Waals surface area (Å²) in [5.41, 5.74) is 2.94. The molecule has 7 nitrogen and oxygen atoms in total. The minimum absolute atomic E-state index is 0. The van der Waals surface area contributed by atoms with Crippen LogP contribution in [0.5, 0.6) is 5.75 Å². The fraction of sp³-hybridized carbons (Fsp3) is 0.333. The van der Waals surface area contributed by atoms with E-state index >= 15 is 0 Å². The molecule has 29 heavy (non-hydrogen) atoms. The van der Waals surface area contributed by atoms with Crippen LogP contribution < -0.4 is 26.0 Å². The van der Waals surface area contributed by atoms with Crippen LogP contribution in [0.2, 0.25) is 0 Å². The second-order valence-electron chi connectivity index (χ2n) is 6.58. The second kappa shape index (κ2) is 12.9. The van der Waals surface area contributed by atoms with E-state index in [4.69, 9.17) is 4.74 Å². The zero-order chi connectivity index (χ0) is 20.4. The zero-order valence-corrected chi connectivity index (χ0v) is 19.6. The van der Waals surface area contributed by atoms with Crippen LogP contribution >= 0.6 is 24.0 Å². The molecule has 0 heterocycles. The fourth-order valence-electron chi connectivity index (χ4n) is 2.51. The van der Waals surface area contributed by atoms with Gasteiger partial charge in [-0.25, -0.2) is 4.79 Å². The van der Waals surface area contributed by atoms with E-state index in [1.54, 1.807) is 14.2 Å². The van der Waals surface area contributed by atoms with Gasteiger partial charge < -0.3 is 26.0 Å². The van der Waals surface area contributed by atoms with Gasteiger partial charge in [-0.15, -0.1) is 24.0 Å². The number of ether oxygens (including phenoxy) is 1. The van der Waals surface area contributed by atoms with Crippen LogP contribution in [0.25, 0.3) is 0 Å². The van der Waals surface area contributed by atoms with Crippen LogP contribution in [0.3, 0.4) is 0 Å². The molecule has 0 aliphatic heterocycles. The Morgan fingerprint density at radius 3 is 2.28 bits per heavy atom. The molecule has 8 heteroatoms. The van der Waals surface area contributed by atoms with Crippen molar-refractivity contribution in [3.05, 3.63) is 59.7 Å². The van der Waals surface area contributed by atoms with Gasteiger partial charge in [-0.1, -0.05) is 24.3 Å². The zero-order valence-electron chi connectivity index (χ0n) is 17.3. The molecule has 0 saturated carbocycles. The maximum Gasteiger partial charge on any atom is 0.319 e. The van der Waals surface area contributed by atoms with Crippen LogP contribution in [0, 0.1) is 0 Å². The highest BCUT2D eigenvalue weighted by Crippen LogP contribution is 2.12. The van der Waals surface area contributed by atoms with Gasteiger partial charge in [0.1, 0.15) is 5.75 Å². The first-order valence-electron chi connectivity index (χ1n) is 9.24. The Bertz CT molecular complexity index is 794. The van der Waals surface area contributed by atoms with E-state index in [1.165, 1.54) is 0 Å². The number of guanidine groups is 1. The number of methoxy groups -OCH3 is 1. The lowest BCUT2D eigenvalue weighted by atomic mass is 10.2. The second-order valence-corrected chi connectivity index (χ2v) is 6.58. The predicted octanol–water partition coefficient (Wildman–Crippen LogP) is 3.71. The van der Waals surface area contributed by atoms with Gasteiger partial charge in [-0.05, 0) is 49.2 Å². The summed E-state index contributed by atoms with van der Waals surface area (Å²) in [7, 11) is 3.39. The SMILES string of the molecule is CN=C(NCc1ccc(NC(=O)NC(C)C)cc1)NCc1cccc(OC)c1.I. The van der Waals surface area contributed by atoms with Gasteiger partial charge in [-0.3, -0.25) is 4.99 Å². The lowest BCUT2D eigenvalue weighted by molar-refractivity contribution is 0.250. The Morgan fingerprint density at radius 2 is 1.69 bits per heavy atom. The van der Waals surface area contributed by atoms with Crippen molar-refractivity contribution >= 4 is 41.7 Å². The van der Waals surface area contributed by atoms with Gasteiger partial charge in [0.25, 0.3) is 0 Å². The topological polar surface area (TPSA) is 86.8 Å². The van der Waals surface area contributed by atoms with Gasteiger partial charge in [-0.2, -0.15) is 0 Å². The fourth-order valence-corrected chi connectivity index (χ4v) is 2.51. The molecule has 0 saturated heterocycles. The lowest BCUT2D eigenvalue weighted by Gasteiger charge is -2.13. The number of hydrogen-bond acceptors (Lipinski definition) is 3. The van der Waals surface area contributed by atoms with Crippen molar-refractivity contribution in [2.75, 3.05) is 19.5 Å². The van der Waals surface area contributed by atoms with E-state index in [-0.39, 0.29) is 36.0 Å². The van der Waals surface area contributed by atoms with E-state index in [0.29, 0.717) is 19.0 Å². The minimum Gasteiger partial charge on any atom is -0.497 e. The van der Waals surface area contributed by atoms with Gasteiger partial charge >= 0.3 is 6.03 Å². The van der Waals surface area contributed by atoms with Crippen LogP contribution in [-0.2, 0) is 13.1 Å². The van der Waals surface area contributed by atoms with E-state index in [2.05, 4.69) is 26.3 Å². The molecule has 0 bridgehead atoms. The number of carbonyl (C=O) groups excluding carboxylic acids is 1. The van der Waals surface area contributed by atoms with Gasteiger partial charge in [0.15, 0.2) is 5.96 Å². The summed E-state index contributed by atoms with van der Waals surface area (Å²) in [4.78, 5) is 16.0. The molecule has 158 valence electrons. The first kappa shape index (κ1) is 24.5. The lowest BCUT2D eigenvalue weighted by Crippen LogP contribution is -2.36. The average molecular weight is 511 g/mol. The molecular weight excluding hydrogens is 481 g/mol. The highest BCUT2D eigenvalue weighted by atomic mass is 127. The first-order valence-corrected chi connectivity index (χ1v) is 9.24. The summed E-state index contributed by atoms with van der Waals surface area (Å²) in [5.74, 6) is 1.54. The highest BCUT2D eigenvalue weighted by Gasteiger charge is 2.04. The summed E-state index contributed by atoms with van der Waals surface area (Å²) in [5, 5.41) is 12.2. The Balaban J connectivity index is 0.00000420. The number of urea groups is 1. The Labute approximate surface area is 189 Å². The van der Waals surface area contributed by atoms with E-state index < -0.39 is 0 Å². The number of aliphatic imine (C=N–C) groups is 1. The molecule has 0 radical (unpaired) electrons. The number of hydrogen-bond donors (Lipinski definition) is 4. The highest BCUT2D eigenvalue weighted by molar-refractivity contribution is 14.0. The molecule has 2 amide bonds. The van der Waals surface area contributed by atoms with Crippen LogP contribution in [0.15, 0.2) is 53.5 Å². The molecule has 0 atom stereocenters. The number of anilines is 1. The first-order chi connectivity index (χ1) is 13.5. The van der Waals surface area contributed by atoms with Crippen molar-refractivity contribution in [3.8, 4) is 5.75 Å². The third-order valence-corrected chi connectivity index (χ3v) is 3.91. The summed E-state index contributed by atoms with van der Waals surface area (Å²) < 4.78 is 5.24. The smallest absolute Gasteiger partial charge is 0.319 e. The number of halogens is 1. The number of carbonyl (C=O) groups is 1. The Hall–Kier alpha value is -2.49. The van der Waals surface area contributed by atoms with E-state index in [9.17, 15) is 4.79 Å². The Morgan fingerprint density at radius 1 is 1.03 bits per heavy atom. The van der Waals surface area contributed by atoms with Gasteiger partial charge in [0, 0.05) is 31.9 Å². The molecule has 0 aliphatic rings. The molecule has 2 aromatic carbocycles. The average Bonchev–Trinajstić information content (AvgIpc) is 2.68. The molecule has 0 aromatic heterocycles. The largest absolute Gasteiger partial charge is 0.497 e. The molecular formula is C21H30IN5O2. The molecule has 0 aliphatic carbocycles. The molecule has 2 rings (SSSR count). The van der Waals surface area contributed by atoms with Crippen molar-refractivity contribution in [2.45, 2.75) is 33.0 Å². The van der Waals surface area contributed by atoms with Crippen LogP contribution in [0.4, 0.5) is 10.5 Å². The summed E-state index contributed by atoms with van der Waals surface area (Å²) in [6, 6.07) is 15.5. The number of benzene rings is 2. The van der Waals surface area contributed by atoms with Crippen molar-refractivity contribution in [3.63, 3.8) is 0 Å². The molecule has 0 unspecified atom stereocenters. The van der Waals surface area contributed by atoms with Crippen LogP contribution in [0.1, 0.15) is 25.0 Å². The van der Waals surface area contributed by atoms with Crippen molar-refractivity contribution in [2.24, 2.45) is 4.99 Å². The third-order valence-electron chi connectivity index (χ3n) is 3.91. The van der Waals surface area contributed by atoms with Crippen molar-refractivity contribution in [1.29, 1.82) is 0 Å². The molecule has 4 N–H and O–H groups in total. The number of amides is 2. The number of nitrogens with zero attached hydrogens (tertiary/aromatic N) is 1. The maximum absolute atomic E-state index is 11.7.